The highest BCUT2D eigenvalue weighted by Gasteiger charge is 2.68. The Hall–Kier alpha value is -3.06. The molecule has 1 N–H and O–H groups in total. The van der Waals surface area contributed by atoms with Crippen LogP contribution >= 0.6 is 0 Å². The van der Waals surface area contributed by atoms with Crippen molar-refractivity contribution in [2.24, 2.45) is 0 Å². The van der Waals surface area contributed by atoms with Crippen molar-refractivity contribution in [3.05, 3.63) is 65.8 Å². The highest BCUT2D eigenvalue weighted by Crippen LogP contribution is 2.54. The van der Waals surface area contributed by atoms with Gasteiger partial charge < -0.3 is 14.9 Å². The molecule has 0 bridgehead atoms. The fourth-order valence-electron chi connectivity index (χ4n) is 4.70. The minimum Gasteiger partial charge on any atom is -0.394 e. The number of carbonyl (C=O) groups is 2. The van der Waals surface area contributed by atoms with Crippen molar-refractivity contribution in [3.63, 3.8) is 0 Å². The topological polar surface area (TPSA) is 86.6 Å². The molecular formula is C22H24N4O3. The molecule has 7 nitrogen and oxygen atoms in total. The van der Waals surface area contributed by atoms with E-state index in [2.05, 4.69) is 9.97 Å². The standard InChI is InChI=1S/C22H24N4O3/c1-3-4-16-5-7-17(8-6-16)20-19(12-27)26(21(29)18-11-23-9-10-24-18)22(20)13-25(14-22)15(2)28/h3-11,19-20,27H,12-14H2,1-2H3/b4-3+/t19-,20+/m1/s1. The lowest BCUT2D eigenvalue weighted by molar-refractivity contribution is -0.177. The Morgan fingerprint density at radius 1 is 1.24 bits per heavy atom. The van der Waals surface area contributed by atoms with E-state index in [1.165, 1.54) is 25.5 Å². The first-order chi connectivity index (χ1) is 14.0. The third-order valence-electron chi connectivity index (χ3n) is 5.99. The molecule has 2 fully saturated rings. The summed E-state index contributed by atoms with van der Waals surface area (Å²) in [6.45, 7) is 4.25. The molecule has 29 heavy (non-hydrogen) atoms. The van der Waals surface area contributed by atoms with E-state index in [0.717, 1.165) is 11.1 Å². The number of aromatic nitrogens is 2. The number of hydrogen-bond acceptors (Lipinski definition) is 5. The van der Waals surface area contributed by atoms with Crippen LogP contribution in [-0.2, 0) is 4.79 Å². The van der Waals surface area contributed by atoms with Crippen LogP contribution < -0.4 is 0 Å². The fourth-order valence-corrected chi connectivity index (χ4v) is 4.70. The average Bonchev–Trinajstić information content (AvgIpc) is 2.68. The van der Waals surface area contributed by atoms with Gasteiger partial charge in [-0.3, -0.25) is 14.6 Å². The lowest BCUT2D eigenvalue weighted by Crippen LogP contribution is -2.85. The summed E-state index contributed by atoms with van der Waals surface area (Å²) in [6.07, 6.45) is 8.43. The molecule has 2 atom stereocenters. The summed E-state index contributed by atoms with van der Waals surface area (Å²) in [5.41, 5.74) is 1.87. The van der Waals surface area contributed by atoms with E-state index >= 15 is 0 Å². The molecule has 1 aromatic carbocycles. The second-order valence-electron chi connectivity index (χ2n) is 7.64. The number of hydrogen-bond donors (Lipinski definition) is 1. The predicted octanol–water partition coefficient (Wildman–Crippen LogP) is 1.71. The Morgan fingerprint density at radius 3 is 2.52 bits per heavy atom. The van der Waals surface area contributed by atoms with E-state index in [1.54, 1.807) is 9.80 Å². The maximum absolute atomic E-state index is 13.2. The zero-order valence-corrected chi connectivity index (χ0v) is 16.5. The van der Waals surface area contributed by atoms with E-state index in [4.69, 9.17) is 0 Å². The number of aliphatic hydroxyl groups is 1. The molecule has 2 amide bonds. The SMILES string of the molecule is C/C=C/c1ccc([C@H]2[C@@H](CO)N(C(=O)c3cnccn3)C23CN(C(C)=O)C3)cc1. The molecule has 0 saturated carbocycles. The second-order valence-corrected chi connectivity index (χ2v) is 7.64. The summed E-state index contributed by atoms with van der Waals surface area (Å²) in [7, 11) is 0. The number of benzene rings is 1. The molecule has 1 spiro atoms. The molecule has 4 rings (SSSR count). The average molecular weight is 392 g/mol. The van der Waals surface area contributed by atoms with Crippen molar-refractivity contribution in [1.82, 2.24) is 19.8 Å². The maximum atomic E-state index is 13.2. The molecule has 2 saturated heterocycles. The molecule has 0 aliphatic carbocycles. The Kier molecular flexibility index (Phi) is 4.92. The Bertz CT molecular complexity index is 936. The zero-order valence-electron chi connectivity index (χ0n) is 16.5. The summed E-state index contributed by atoms with van der Waals surface area (Å²) >= 11 is 0. The van der Waals surface area contributed by atoms with Gasteiger partial charge in [0.05, 0.1) is 24.4 Å². The fraction of sp³-hybridized carbons (Fsp3) is 0.364. The van der Waals surface area contributed by atoms with Gasteiger partial charge in [-0.05, 0) is 18.1 Å². The molecule has 7 heteroatoms. The second kappa shape index (κ2) is 7.40. The van der Waals surface area contributed by atoms with Crippen LogP contribution in [0.5, 0.6) is 0 Å². The number of amides is 2. The van der Waals surface area contributed by atoms with Gasteiger partial charge in [0.1, 0.15) is 5.69 Å². The van der Waals surface area contributed by atoms with E-state index in [1.807, 2.05) is 43.3 Å². The molecule has 2 aliphatic heterocycles. The first kappa shape index (κ1) is 19.3. The van der Waals surface area contributed by atoms with Crippen LogP contribution in [0.25, 0.3) is 6.08 Å². The third-order valence-corrected chi connectivity index (χ3v) is 5.99. The number of carbonyl (C=O) groups excluding carboxylic acids is 2. The van der Waals surface area contributed by atoms with Gasteiger partial charge in [-0.2, -0.15) is 0 Å². The first-order valence-corrected chi connectivity index (χ1v) is 9.70. The smallest absolute Gasteiger partial charge is 0.275 e. The van der Waals surface area contributed by atoms with Gasteiger partial charge in [0.15, 0.2) is 0 Å². The van der Waals surface area contributed by atoms with E-state index in [0.29, 0.717) is 13.1 Å². The first-order valence-electron chi connectivity index (χ1n) is 9.70. The number of likely N-dealkylation sites (tertiary alicyclic amines) is 2. The van der Waals surface area contributed by atoms with Crippen molar-refractivity contribution in [3.8, 4) is 0 Å². The monoisotopic (exact) mass is 392 g/mol. The van der Waals surface area contributed by atoms with Crippen LogP contribution in [0.2, 0.25) is 0 Å². The van der Waals surface area contributed by atoms with Gasteiger partial charge in [-0.1, -0.05) is 36.4 Å². The summed E-state index contributed by atoms with van der Waals surface area (Å²) in [5.74, 6) is -0.331. The molecule has 3 heterocycles. The summed E-state index contributed by atoms with van der Waals surface area (Å²) in [6, 6.07) is 7.79. The minimum atomic E-state index is -0.532. The summed E-state index contributed by atoms with van der Waals surface area (Å²) < 4.78 is 0. The lowest BCUT2D eigenvalue weighted by Gasteiger charge is -2.70. The van der Waals surface area contributed by atoms with Gasteiger partial charge in [-0.25, -0.2) is 4.98 Å². The van der Waals surface area contributed by atoms with Crippen molar-refractivity contribution >= 4 is 17.9 Å². The third kappa shape index (κ3) is 3.02. The predicted molar refractivity (Wildman–Crippen MR) is 108 cm³/mol. The summed E-state index contributed by atoms with van der Waals surface area (Å²) in [4.78, 5) is 36.6. The van der Waals surface area contributed by atoms with Crippen molar-refractivity contribution in [2.75, 3.05) is 19.7 Å². The van der Waals surface area contributed by atoms with Crippen molar-refractivity contribution < 1.29 is 14.7 Å². The molecule has 150 valence electrons. The molecular weight excluding hydrogens is 368 g/mol. The zero-order chi connectivity index (χ0) is 20.6. The van der Waals surface area contributed by atoms with Crippen LogP contribution in [0, 0.1) is 0 Å². The molecule has 0 unspecified atom stereocenters. The van der Waals surface area contributed by atoms with Crippen LogP contribution in [0.3, 0.4) is 0 Å². The molecule has 1 aromatic heterocycles. The van der Waals surface area contributed by atoms with Gasteiger partial charge in [0.25, 0.3) is 5.91 Å². The number of nitrogens with zero attached hydrogens (tertiary/aromatic N) is 4. The minimum absolute atomic E-state index is 0.0165. The highest BCUT2D eigenvalue weighted by atomic mass is 16.3. The Balaban J connectivity index is 1.69. The number of allylic oxidation sites excluding steroid dienone is 1. The highest BCUT2D eigenvalue weighted by molar-refractivity contribution is 5.94. The van der Waals surface area contributed by atoms with E-state index in [-0.39, 0.29) is 36.1 Å². The Labute approximate surface area is 169 Å². The number of rotatable bonds is 4. The van der Waals surface area contributed by atoms with Crippen LogP contribution in [-0.4, -0.2) is 68.0 Å². The van der Waals surface area contributed by atoms with Crippen molar-refractivity contribution in [1.29, 1.82) is 0 Å². The maximum Gasteiger partial charge on any atom is 0.275 e. The van der Waals surface area contributed by atoms with Crippen molar-refractivity contribution in [2.45, 2.75) is 31.3 Å². The normalized spacial score (nSPS) is 22.4. The Morgan fingerprint density at radius 2 is 1.97 bits per heavy atom. The van der Waals surface area contributed by atoms with Gasteiger partial charge in [0, 0.05) is 38.3 Å². The molecule has 0 radical (unpaired) electrons. The van der Waals surface area contributed by atoms with E-state index < -0.39 is 5.54 Å². The van der Waals surface area contributed by atoms with Gasteiger partial charge in [0.2, 0.25) is 5.91 Å². The van der Waals surface area contributed by atoms with Crippen LogP contribution in [0.1, 0.15) is 41.4 Å². The molecule has 2 aliphatic rings. The largest absolute Gasteiger partial charge is 0.394 e. The quantitative estimate of drug-likeness (QED) is 0.856. The van der Waals surface area contributed by atoms with Crippen LogP contribution in [0.15, 0.2) is 48.9 Å². The number of aliphatic hydroxyl groups excluding tert-OH is 1. The van der Waals surface area contributed by atoms with Gasteiger partial charge in [-0.15, -0.1) is 0 Å². The lowest BCUT2D eigenvalue weighted by atomic mass is 9.60. The molecule has 2 aromatic rings. The van der Waals surface area contributed by atoms with Crippen LogP contribution in [0.4, 0.5) is 0 Å². The van der Waals surface area contributed by atoms with Gasteiger partial charge >= 0.3 is 0 Å². The summed E-state index contributed by atoms with van der Waals surface area (Å²) in [5, 5.41) is 10.1. The van der Waals surface area contributed by atoms with E-state index in [9.17, 15) is 14.7 Å².